The normalized spacial score (nSPS) is 23.6. The average Bonchev–Trinajstić information content (AvgIpc) is 2.36. The Morgan fingerprint density at radius 3 is 2.80 bits per heavy atom. The van der Waals surface area contributed by atoms with Crippen LogP contribution in [0.5, 0.6) is 5.75 Å². The average molecular weight is 288 g/mol. The first-order valence-electron chi connectivity index (χ1n) is 6.75. The van der Waals surface area contributed by atoms with E-state index in [1.807, 2.05) is 0 Å². The quantitative estimate of drug-likeness (QED) is 0.928. The van der Waals surface area contributed by atoms with Crippen LogP contribution in [0.3, 0.4) is 0 Å². The van der Waals surface area contributed by atoms with E-state index < -0.39 is 11.9 Å². The minimum absolute atomic E-state index is 0.0911. The highest BCUT2D eigenvalue weighted by atomic mass is 19.4. The van der Waals surface area contributed by atoms with Crippen LogP contribution in [-0.2, 0) is 6.18 Å². The van der Waals surface area contributed by atoms with Crippen LogP contribution in [0.25, 0.3) is 0 Å². The zero-order valence-electron chi connectivity index (χ0n) is 11.6. The first-order valence-corrected chi connectivity index (χ1v) is 6.75. The molecule has 0 saturated carbocycles. The number of halogens is 3. The largest absolute Gasteiger partial charge is 0.492 e. The molecule has 1 N–H and O–H groups in total. The van der Waals surface area contributed by atoms with Gasteiger partial charge in [0.05, 0.1) is 12.8 Å². The van der Waals surface area contributed by atoms with Crippen LogP contribution in [0.2, 0.25) is 0 Å². The fourth-order valence-electron chi connectivity index (χ4n) is 2.44. The van der Waals surface area contributed by atoms with Crippen LogP contribution in [0.15, 0.2) is 12.3 Å². The van der Waals surface area contributed by atoms with Crippen molar-refractivity contribution < 1.29 is 17.9 Å². The summed E-state index contributed by atoms with van der Waals surface area (Å²) >= 11 is 0. The number of aryl methyl sites for hydroxylation is 1. The maximum absolute atomic E-state index is 12.6. The Morgan fingerprint density at radius 2 is 2.20 bits per heavy atom. The van der Waals surface area contributed by atoms with Crippen molar-refractivity contribution in [1.82, 2.24) is 10.3 Å². The lowest BCUT2D eigenvalue weighted by molar-refractivity contribution is -0.141. The molecule has 0 spiro atoms. The fraction of sp³-hybridized carbons (Fsp3) is 0.643. The van der Waals surface area contributed by atoms with Gasteiger partial charge in [0.25, 0.3) is 0 Å². The molecule has 2 heterocycles. The van der Waals surface area contributed by atoms with Crippen molar-refractivity contribution in [2.45, 2.75) is 26.4 Å². The molecule has 0 radical (unpaired) electrons. The van der Waals surface area contributed by atoms with Crippen molar-refractivity contribution in [2.24, 2.45) is 11.8 Å². The summed E-state index contributed by atoms with van der Waals surface area (Å²) < 4.78 is 43.4. The van der Waals surface area contributed by atoms with Crippen molar-refractivity contribution in [1.29, 1.82) is 0 Å². The summed E-state index contributed by atoms with van der Waals surface area (Å²) in [6, 6.07) is 1.40. The molecule has 0 aliphatic carbocycles. The number of nitrogens with one attached hydrogen (secondary N) is 1. The van der Waals surface area contributed by atoms with Gasteiger partial charge in [0.1, 0.15) is 11.4 Å². The fourth-order valence-corrected chi connectivity index (χ4v) is 2.44. The summed E-state index contributed by atoms with van der Waals surface area (Å²) in [6.45, 7) is 5.99. The number of alkyl halides is 3. The Balaban J connectivity index is 1.98. The summed E-state index contributed by atoms with van der Waals surface area (Å²) in [5.41, 5.74) is -0.756. The Kier molecular flexibility index (Phi) is 4.52. The van der Waals surface area contributed by atoms with Crippen molar-refractivity contribution in [2.75, 3.05) is 19.7 Å². The van der Waals surface area contributed by atoms with E-state index in [4.69, 9.17) is 4.74 Å². The maximum Gasteiger partial charge on any atom is 0.433 e. The predicted molar refractivity (Wildman–Crippen MR) is 69.6 cm³/mol. The molecule has 1 fully saturated rings. The molecule has 6 heteroatoms. The molecule has 112 valence electrons. The monoisotopic (exact) mass is 288 g/mol. The van der Waals surface area contributed by atoms with E-state index in [0.717, 1.165) is 25.7 Å². The standard InChI is InChI=1S/C14H19F3N2O/c1-9-5-12(7-19-13(9)14(15,16)17)20-8-11-3-4-18-6-10(11)2/h5,7,10-11,18H,3-4,6,8H2,1-2H3. The van der Waals surface area contributed by atoms with Gasteiger partial charge in [-0.3, -0.25) is 0 Å². The third-order valence-electron chi connectivity index (χ3n) is 3.75. The van der Waals surface area contributed by atoms with E-state index in [1.165, 1.54) is 13.0 Å². The predicted octanol–water partition coefficient (Wildman–Crippen LogP) is 3.03. The molecular weight excluding hydrogens is 269 g/mol. The molecule has 3 nitrogen and oxygen atoms in total. The van der Waals surface area contributed by atoms with Gasteiger partial charge in [-0.1, -0.05) is 6.92 Å². The second-order valence-corrected chi connectivity index (χ2v) is 5.38. The molecular formula is C14H19F3N2O. The van der Waals surface area contributed by atoms with E-state index in [0.29, 0.717) is 24.2 Å². The Bertz CT molecular complexity index is 462. The van der Waals surface area contributed by atoms with Crippen LogP contribution in [0.4, 0.5) is 13.2 Å². The minimum Gasteiger partial charge on any atom is -0.492 e. The zero-order chi connectivity index (χ0) is 14.8. The number of hydrogen-bond donors (Lipinski definition) is 1. The summed E-state index contributed by atoms with van der Waals surface area (Å²) in [6.07, 6.45) is -2.23. The molecule has 1 aromatic rings. The third-order valence-corrected chi connectivity index (χ3v) is 3.75. The Labute approximate surface area is 116 Å². The van der Waals surface area contributed by atoms with Crippen molar-refractivity contribution in [3.05, 3.63) is 23.5 Å². The molecule has 2 rings (SSSR count). The van der Waals surface area contributed by atoms with Gasteiger partial charge in [0.2, 0.25) is 0 Å². The first kappa shape index (κ1) is 15.1. The topological polar surface area (TPSA) is 34.1 Å². The summed E-state index contributed by atoms with van der Waals surface area (Å²) in [5.74, 6) is 1.34. The zero-order valence-corrected chi connectivity index (χ0v) is 11.6. The lowest BCUT2D eigenvalue weighted by Gasteiger charge is -2.29. The van der Waals surface area contributed by atoms with Crippen LogP contribution in [0, 0.1) is 18.8 Å². The number of hydrogen-bond acceptors (Lipinski definition) is 3. The first-order chi connectivity index (χ1) is 9.38. The van der Waals surface area contributed by atoms with Gasteiger partial charge in [-0.25, -0.2) is 4.98 Å². The molecule has 0 amide bonds. The highest BCUT2D eigenvalue weighted by Crippen LogP contribution is 2.31. The van der Waals surface area contributed by atoms with Gasteiger partial charge in [-0.2, -0.15) is 13.2 Å². The number of aromatic nitrogens is 1. The molecule has 2 unspecified atom stereocenters. The number of piperidine rings is 1. The summed E-state index contributed by atoms with van der Waals surface area (Å²) in [7, 11) is 0. The van der Waals surface area contributed by atoms with Crippen molar-refractivity contribution >= 4 is 0 Å². The van der Waals surface area contributed by atoms with Gasteiger partial charge in [0.15, 0.2) is 0 Å². The summed E-state index contributed by atoms with van der Waals surface area (Å²) in [5, 5.41) is 3.30. The SMILES string of the molecule is Cc1cc(OCC2CCNCC2C)cnc1C(F)(F)F. The number of nitrogens with zero attached hydrogens (tertiary/aromatic N) is 1. The van der Waals surface area contributed by atoms with E-state index >= 15 is 0 Å². The second-order valence-electron chi connectivity index (χ2n) is 5.38. The lowest BCUT2D eigenvalue weighted by Crippen LogP contribution is -2.37. The van der Waals surface area contributed by atoms with Crippen LogP contribution < -0.4 is 10.1 Å². The van der Waals surface area contributed by atoms with Crippen LogP contribution >= 0.6 is 0 Å². The molecule has 1 saturated heterocycles. The molecule has 2 atom stereocenters. The van der Waals surface area contributed by atoms with Gasteiger partial charge < -0.3 is 10.1 Å². The van der Waals surface area contributed by atoms with Crippen molar-refractivity contribution in [3.8, 4) is 5.75 Å². The number of ether oxygens (including phenoxy) is 1. The van der Waals surface area contributed by atoms with Gasteiger partial charge >= 0.3 is 6.18 Å². The number of pyridine rings is 1. The van der Waals surface area contributed by atoms with Gasteiger partial charge in [0, 0.05) is 0 Å². The highest BCUT2D eigenvalue weighted by Gasteiger charge is 2.34. The maximum atomic E-state index is 12.6. The van der Waals surface area contributed by atoms with E-state index in [2.05, 4.69) is 17.2 Å². The lowest BCUT2D eigenvalue weighted by atomic mass is 9.89. The highest BCUT2D eigenvalue weighted by molar-refractivity contribution is 5.29. The minimum atomic E-state index is -4.41. The van der Waals surface area contributed by atoms with E-state index in [1.54, 1.807) is 0 Å². The van der Waals surface area contributed by atoms with Crippen LogP contribution in [-0.4, -0.2) is 24.7 Å². The van der Waals surface area contributed by atoms with E-state index in [-0.39, 0.29) is 5.56 Å². The molecule has 1 aliphatic heterocycles. The second kappa shape index (κ2) is 5.99. The molecule has 0 bridgehead atoms. The molecule has 0 aromatic carbocycles. The van der Waals surface area contributed by atoms with E-state index in [9.17, 15) is 13.2 Å². The Hall–Kier alpha value is -1.30. The van der Waals surface area contributed by atoms with Gasteiger partial charge in [-0.15, -0.1) is 0 Å². The Morgan fingerprint density at radius 1 is 1.45 bits per heavy atom. The van der Waals surface area contributed by atoms with Crippen LogP contribution in [0.1, 0.15) is 24.6 Å². The number of rotatable bonds is 3. The smallest absolute Gasteiger partial charge is 0.433 e. The summed E-state index contributed by atoms with van der Waals surface area (Å²) in [4.78, 5) is 3.47. The molecule has 1 aromatic heterocycles. The molecule has 1 aliphatic rings. The van der Waals surface area contributed by atoms with Crippen molar-refractivity contribution in [3.63, 3.8) is 0 Å². The third kappa shape index (κ3) is 3.62. The van der Waals surface area contributed by atoms with Gasteiger partial charge in [-0.05, 0) is 49.9 Å². The molecule has 20 heavy (non-hydrogen) atoms.